The lowest BCUT2D eigenvalue weighted by atomic mass is 10.1. The van der Waals surface area contributed by atoms with E-state index < -0.39 is 0 Å². The molecule has 0 spiro atoms. The Hall–Kier alpha value is -2.49. The molecule has 2 aromatic carbocycles. The Labute approximate surface area is 130 Å². The topological polar surface area (TPSA) is 44.8 Å². The summed E-state index contributed by atoms with van der Waals surface area (Å²) in [6.45, 7) is 0.301. The van der Waals surface area contributed by atoms with Gasteiger partial charge in [-0.05, 0) is 23.6 Å². The van der Waals surface area contributed by atoms with Gasteiger partial charge in [0.05, 0.1) is 14.2 Å². The van der Waals surface area contributed by atoms with Crippen LogP contribution in [-0.2, 0) is 22.6 Å². The molecule has 0 amide bonds. The Morgan fingerprint density at radius 2 is 1.73 bits per heavy atom. The van der Waals surface area contributed by atoms with E-state index >= 15 is 0 Å². The molecule has 0 aliphatic carbocycles. The highest BCUT2D eigenvalue weighted by Crippen LogP contribution is 2.31. The van der Waals surface area contributed by atoms with Gasteiger partial charge >= 0.3 is 5.97 Å². The van der Waals surface area contributed by atoms with E-state index in [9.17, 15) is 4.79 Å². The highest BCUT2D eigenvalue weighted by Gasteiger charge is 2.11. The first-order valence-corrected chi connectivity index (χ1v) is 7.14. The van der Waals surface area contributed by atoms with Crippen LogP contribution in [0.3, 0.4) is 0 Å². The number of hydrogen-bond acceptors (Lipinski definition) is 4. The van der Waals surface area contributed by atoms with Gasteiger partial charge in [-0.25, -0.2) is 0 Å². The van der Waals surface area contributed by atoms with E-state index in [2.05, 4.69) is 0 Å². The van der Waals surface area contributed by atoms with Crippen LogP contribution in [-0.4, -0.2) is 20.2 Å². The summed E-state index contributed by atoms with van der Waals surface area (Å²) in [4.78, 5) is 11.8. The SMILES string of the molecule is COc1cccc(CCC(=O)OCc2ccccc2)c1OC. The lowest BCUT2D eigenvalue weighted by Gasteiger charge is -2.12. The number of para-hydroxylation sites is 1. The van der Waals surface area contributed by atoms with Gasteiger partial charge in [0, 0.05) is 6.42 Å². The fraction of sp³-hybridized carbons (Fsp3) is 0.278. The zero-order valence-electron chi connectivity index (χ0n) is 12.9. The van der Waals surface area contributed by atoms with Crippen molar-refractivity contribution >= 4 is 5.97 Å². The minimum atomic E-state index is -0.228. The number of benzene rings is 2. The van der Waals surface area contributed by atoms with Crippen molar-refractivity contribution in [3.8, 4) is 11.5 Å². The predicted octanol–water partition coefficient (Wildman–Crippen LogP) is 3.38. The molecule has 0 fully saturated rings. The molecule has 0 aromatic heterocycles. The summed E-state index contributed by atoms with van der Waals surface area (Å²) in [5.41, 5.74) is 1.91. The van der Waals surface area contributed by atoms with Crippen molar-refractivity contribution in [3.63, 3.8) is 0 Å². The molecule has 116 valence electrons. The van der Waals surface area contributed by atoms with Crippen molar-refractivity contribution in [2.45, 2.75) is 19.4 Å². The van der Waals surface area contributed by atoms with Crippen LogP contribution in [0.5, 0.6) is 11.5 Å². The molecule has 0 atom stereocenters. The minimum Gasteiger partial charge on any atom is -0.493 e. The second-order valence-electron chi connectivity index (χ2n) is 4.80. The van der Waals surface area contributed by atoms with Gasteiger partial charge < -0.3 is 14.2 Å². The van der Waals surface area contributed by atoms with Crippen LogP contribution in [0.4, 0.5) is 0 Å². The number of carbonyl (C=O) groups is 1. The third-order valence-corrected chi connectivity index (χ3v) is 3.33. The number of carbonyl (C=O) groups excluding carboxylic acids is 1. The maximum Gasteiger partial charge on any atom is 0.306 e. The van der Waals surface area contributed by atoms with Gasteiger partial charge in [-0.15, -0.1) is 0 Å². The summed E-state index contributed by atoms with van der Waals surface area (Å²) < 4.78 is 15.9. The zero-order valence-corrected chi connectivity index (χ0v) is 12.9. The lowest BCUT2D eigenvalue weighted by Crippen LogP contribution is -2.06. The first-order chi connectivity index (χ1) is 10.7. The second-order valence-corrected chi connectivity index (χ2v) is 4.80. The Kier molecular flexibility index (Phi) is 5.83. The van der Waals surface area contributed by atoms with E-state index in [1.54, 1.807) is 14.2 Å². The molecular weight excluding hydrogens is 280 g/mol. The third kappa shape index (κ3) is 4.25. The average Bonchev–Trinajstić information content (AvgIpc) is 2.58. The van der Waals surface area contributed by atoms with Crippen LogP contribution in [0.1, 0.15) is 17.5 Å². The standard InChI is InChI=1S/C18H20O4/c1-20-16-10-6-9-15(18(16)21-2)11-12-17(19)22-13-14-7-4-3-5-8-14/h3-10H,11-13H2,1-2H3. The summed E-state index contributed by atoms with van der Waals surface area (Å²) in [6, 6.07) is 15.3. The van der Waals surface area contributed by atoms with E-state index in [0.717, 1.165) is 11.1 Å². The van der Waals surface area contributed by atoms with E-state index in [1.165, 1.54) is 0 Å². The average molecular weight is 300 g/mol. The van der Waals surface area contributed by atoms with Gasteiger partial charge in [0.25, 0.3) is 0 Å². The Morgan fingerprint density at radius 1 is 0.955 bits per heavy atom. The predicted molar refractivity (Wildman–Crippen MR) is 84.1 cm³/mol. The van der Waals surface area contributed by atoms with Crippen molar-refractivity contribution in [2.75, 3.05) is 14.2 Å². The highest BCUT2D eigenvalue weighted by molar-refractivity contribution is 5.70. The number of rotatable bonds is 7. The number of esters is 1. The molecule has 0 unspecified atom stereocenters. The molecule has 2 aromatic rings. The zero-order chi connectivity index (χ0) is 15.8. The van der Waals surface area contributed by atoms with Crippen LogP contribution in [0, 0.1) is 0 Å². The molecule has 0 saturated heterocycles. The normalized spacial score (nSPS) is 10.1. The molecule has 0 aliphatic heterocycles. The molecular formula is C18H20O4. The van der Waals surface area contributed by atoms with Crippen LogP contribution in [0.15, 0.2) is 48.5 Å². The minimum absolute atomic E-state index is 0.228. The fourth-order valence-corrected chi connectivity index (χ4v) is 2.20. The van der Waals surface area contributed by atoms with Gasteiger partial charge in [-0.3, -0.25) is 4.79 Å². The van der Waals surface area contributed by atoms with Crippen LogP contribution in [0.2, 0.25) is 0 Å². The third-order valence-electron chi connectivity index (χ3n) is 3.33. The maximum absolute atomic E-state index is 11.8. The Bertz CT molecular complexity index is 608. The Morgan fingerprint density at radius 3 is 2.41 bits per heavy atom. The molecule has 4 heteroatoms. The van der Waals surface area contributed by atoms with Gasteiger partial charge in [-0.2, -0.15) is 0 Å². The van der Waals surface area contributed by atoms with Crippen molar-refractivity contribution in [1.29, 1.82) is 0 Å². The molecule has 22 heavy (non-hydrogen) atoms. The van der Waals surface area contributed by atoms with Gasteiger partial charge in [0.2, 0.25) is 0 Å². The summed E-state index contributed by atoms with van der Waals surface area (Å²) in [6.07, 6.45) is 0.852. The highest BCUT2D eigenvalue weighted by atomic mass is 16.5. The van der Waals surface area contributed by atoms with Gasteiger partial charge in [0.1, 0.15) is 6.61 Å². The maximum atomic E-state index is 11.8. The number of aryl methyl sites for hydroxylation is 1. The molecule has 0 aliphatic rings. The van der Waals surface area contributed by atoms with E-state index in [-0.39, 0.29) is 5.97 Å². The smallest absolute Gasteiger partial charge is 0.306 e. The van der Waals surface area contributed by atoms with Crippen LogP contribution >= 0.6 is 0 Å². The van der Waals surface area contributed by atoms with Crippen LogP contribution < -0.4 is 9.47 Å². The Balaban J connectivity index is 1.88. The number of ether oxygens (including phenoxy) is 3. The van der Waals surface area contributed by atoms with Crippen LogP contribution in [0.25, 0.3) is 0 Å². The van der Waals surface area contributed by atoms with Gasteiger partial charge in [0.15, 0.2) is 11.5 Å². The summed E-state index contributed by atoms with van der Waals surface area (Å²) in [5.74, 6) is 1.10. The molecule has 2 rings (SSSR count). The molecule has 0 saturated carbocycles. The van der Waals surface area contributed by atoms with E-state index in [1.807, 2.05) is 48.5 Å². The van der Waals surface area contributed by atoms with E-state index in [0.29, 0.717) is 30.9 Å². The first kappa shape index (κ1) is 15.9. The van der Waals surface area contributed by atoms with E-state index in [4.69, 9.17) is 14.2 Å². The quantitative estimate of drug-likeness (QED) is 0.735. The first-order valence-electron chi connectivity index (χ1n) is 7.14. The fourth-order valence-electron chi connectivity index (χ4n) is 2.20. The van der Waals surface area contributed by atoms with Crippen molar-refractivity contribution in [2.24, 2.45) is 0 Å². The van der Waals surface area contributed by atoms with Crippen molar-refractivity contribution < 1.29 is 19.0 Å². The monoisotopic (exact) mass is 300 g/mol. The molecule has 0 heterocycles. The van der Waals surface area contributed by atoms with Crippen molar-refractivity contribution in [3.05, 3.63) is 59.7 Å². The van der Waals surface area contributed by atoms with Crippen molar-refractivity contribution in [1.82, 2.24) is 0 Å². The second kappa shape index (κ2) is 8.08. The van der Waals surface area contributed by atoms with Gasteiger partial charge in [-0.1, -0.05) is 42.5 Å². The molecule has 0 bridgehead atoms. The summed E-state index contributed by atoms with van der Waals surface area (Å²) in [5, 5.41) is 0. The largest absolute Gasteiger partial charge is 0.493 e. The number of methoxy groups -OCH3 is 2. The molecule has 4 nitrogen and oxygen atoms in total. The molecule has 0 radical (unpaired) electrons. The summed E-state index contributed by atoms with van der Waals surface area (Å²) >= 11 is 0. The summed E-state index contributed by atoms with van der Waals surface area (Å²) in [7, 11) is 3.19. The number of hydrogen-bond donors (Lipinski definition) is 0. The molecule has 0 N–H and O–H groups in total. The lowest BCUT2D eigenvalue weighted by molar-refractivity contribution is -0.144.